The first-order chi connectivity index (χ1) is 7.99. The normalized spacial score (nSPS) is 13.9. The van der Waals surface area contributed by atoms with Crippen molar-refractivity contribution in [3.8, 4) is 5.75 Å². The quantitative estimate of drug-likeness (QED) is 0.793. The Hall–Kier alpha value is -1.55. The highest BCUT2D eigenvalue weighted by atomic mass is 16.5. The summed E-state index contributed by atoms with van der Waals surface area (Å²) in [7, 11) is 1.61. The molecule has 0 heterocycles. The second-order valence-electron chi connectivity index (χ2n) is 4.13. The molecule has 94 valence electrons. The van der Waals surface area contributed by atoms with E-state index < -0.39 is 5.54 Å². The molecular formula is C13H19NO3. The van der Waals surface area contributed by atoms with Gasteiger partial charge in [-0.3, -0.25) is 4.79 Å². The molecule has 0 spiro atoms. The Morgan fingerprint density at radius 1 is 1.35 bits per heavy atom. The number of rotatable bonds is 5. The zero-order valence-corrected chi connectivity index (χ0v) is 10.5. The highest BCUT2D eigenvalue weighted by Crippen LogP contribution is 2.24. The van der Waals surface area contributed by atoms with Crippen molar-refractivity contribution in [1.82, 2.24) is 0 Å². The van der Waals surface area contributed by atoms with Gasteiger partial charge in [0, 0.05) is 5.54 Å². The van der Waals surface area contributed by atoms with Crippen LogP contribution >= 0.6 is 0 Å². The van der Waals surface area contributed by atoms with Gasteiger partial charge in [-0.25, -0.2) is 0 Å². The van der Waals surface area contributed by atoms with E-state index in [4.69, 9.17) is 15.2 Å². The van der Waals surface area contributed by atoms with E-state index in [0.29, 0.717) is 6.61 Å². The van der Waals surface area contributed by atoms with Crippen LogP contribution in [-0.2, 0) is 15.1 Å². The van der Waals surface area contributed by atoms with E-state index in [1.807, 2.05) is 31.2 Å². The SMILES string of the molecule is CCOC(=O)C[C@](C)(N)c1ccc(OC)cc1. The van der Waals surface area contributed by atoms with Crippen molar-refractivity contribution in [2.75, 3.05) is 13.7 Å². The van der Waals surface area contributed by atoms with Crippen LogP contribution < -0.4 is 10.5 Å². The molecular weight excluding hydrogens is 218 g/mol. The molecule has 0 saturated heterocycles. The maximum absolute atomic E-state index is 11.4. The van der Waals surface area contributed by atoms with Gasteiger partial charge in [-0.15, -0.1) is 0 Å². The summed E-state index contributed by atoms with van der Waals surface area (Å²) in [4.78, 5) is 11.4. The van der Waals surface area contributed by atoms with Crippen LogP contribution in [0.2, 0.25) is 0 Å². The third kappa shape index (κ3) is 3.75. The molecule has 0 fully saturated rings. The molecule has 0 amide bonds. The Kier molecular flexibility index (Phi) is 4.52. The van der Waals surface area contributed by atoms with E-state index in [2.05, 4.69) is 0 Å². The topological polar surface area (TPSA) is 61.5 Å². The smallest absolute Gasteiger partial charge is 0.307 e. The molecule has 0 aliphatic heterocycles. The van der Waals surface area contributed by atoms with Gasteiger partial charge in [0.2, 0.25) is 0 Å². The van der Waals surface area contributed by atoms with E-state index in [-0.39, 0.29) is 12.4 Å². The predicted octanol–water partition coefficient (Wildman–Crippen LogP) is 1.82. The average Bonchev–Trinajstić information content (AvgIpc) is 2.28. The summed E-state index contributed by atoms with van der Waals surface area (Å²) in [6, 6.07) is 7.37. The number of hydrogen-bond donors (Lipinski definition) is 1. The zero-order chi connectivity index (χ0) is 12.9. The van der Waals surface area contributed by atoms with Gasteiger partial charge >= 0.3 is 5.97 Å². The molecule has 2 N–H and O–H groups in total. The molecule has 4 heteroatoms. The molecule has 1 aromatic carbocycles. The minimum absolute atomic E-state index is 0.160. The van der Waals surface area contributed by atoms with Crippen LogP contribution in [0.5, 0.6) is 5.75 Å². The van der Waals surface area contributed by atoms with E-state index >= 15 is 0 Å². The molecule has 0 unspecified atom stereocenters. The number of benzene rings is 1. The van der Waals surface area contributed by atoms with Gasteiger partial charge in [0.15, 0.2) is 0 Å². The van der Waals surface area contributed by atoms with Crippen molar-refractivity contribution in [3.63, 3.8) is 0 Å². The van der Waals surface area contributed by atoms with Crippen LogP contribution in [0.3, 0.4) is 0 Å². The van der Waals surface area contributed by atoms with E-state index in [1.165, 1.54) is 0 Å². The Morgan fingerprint density at radius 2 is 1.94 bits per heavy atom. The third-order valence-corrected chi connectivity index (χ3v) is 2.57. The number of methoxy groups -OCH3 is 1. The lowest BCUT2D eigenvalue weighted by molar-refractivity contribution is -0.144. The molecule has 0 aliphatic rings. The van der Waals surface area contributed by atoms with Crippen LogP contribution in [0.25, 0.3) is 0 Å². The molecule has 17 heavy (non-hydrogen) atoms. The third-order valence-electron chi connectivity index (χ3n) is 2.57. The van der Waals surface area contributed by atoms with Crippen LogP contribution in [0.15, 0.2) is 24.3 Å². The Labute approximate surface area is 102 Å². The monoisotopic (exact) mass is 237 g/mol. The van der Waals surface area contributed by atoms with Crippen molar-refractivity contribution in [1.29, 1.82) is 0 Å². The standard InChI is InChI=1S/C13H19NO3/c1-4-17-12(15)9-13(2,14)10-5-7-11(16-3)8-6-10/h5-8H,4,9,14H2,1-3H3/t13-/m0/s1. The second-order valence-corrected chi connectivity index (χ2v) is 4.13. The van der Waals surface area contributed by atoms with Crippen LogP contribution in [0.1, 0.15) is 25.8 Å². The molecule has 0 aliphatic carbocycles. The summed E-state index contributed by atoms with van der Waals surface area (Å²) >= 11 is 0. The van der Waals surface area contributed by atoms with Crippen molar-refractivity contribution < 1.29 is 14.3 Å². The van der Waals surface area contributed by atoms with Gasteiger partial charge in [0.1, 0.15) is 5.75 Å². The number of hydrogen-bond acceptors (Lipinski definition) is 4. The first-order valence-corrected chi connectivity index (χ1v) is 5.58. The molecule has 1 aromatic rings. The number of carbonyl (C=O) groups excluding carboxylic acids is 1. The highest BCUT2D eigenvalue weighted by molar-refractivity contribution is 5.71. The number of carbonyl (C=O) groups is 1. The summed E-state index contributed by atoms with van der Waals surface area (Å²) in [5, 5.41) is 0. The molecule has 1 atom stereocenters. The van der Waals surface area contributed by atoms with Crippen LogP contribution in [0.4, 0.5) is 0 Å². The molecule has 0 saturated carbocycles. The van der Waals surface area contributed by atoms with Gasteiger partial charge in [-0.05, 0) is 31.5 Å². The lowest BCUT2D eigenvalue weighted by Gasteiger charge is -2.24. The van der Waals surface area contributed by atoms with Gasteiger partial charge in [0.25, 0.3) is 0 Å². The van der Waals surface area contributed by atoms with Gasteiger partial charge < -0.3 is 15.2 Å². The van der Waals surface area contributed by atoms with E-state index in [1.54, 1.807) is 14.0 Å². The summed E-state index contributed by atoms with van der Waals surface area (Å²) in [6.45, 7) is 3.96. The maximum Gasteiger partial charge on any atom is 0.307 e. The van der Waals surface area contributed by atoms with Crippen LogP contribution in [0, 0.1) is 0 Å². The van der Waals surface area contributed by atoms with Gasteiger partial charge in [0.05, 0.1) is 20.1 Å². The Morgan fingerprint density at radius 3 is 2.41 bits per heavy atom. The zero-order valence-electron chi connectivity index (χ0n) is 10.5. The molecule has 1 rings (SSSR count). The highest BCUT2D eigenvalue weighted by Gasteiger charge is 2.25. The first kappa shape index (κ1) is 13.5. The summed E-state index contributed by atoms with van der Waals surface area (Å²) in [6.07, 6.45) is 0.160. The van der Waals surface area contributed by atoms with Crippen molar-refractivity contribution in [3.05, 3.63) is 29.8 Å². The minimum atomic E-state index is -0.724. The molecule has 0 radical (unpaired) electrons. The molecule has 0 aromatic heterocycles. The minimum Gasteiger partial charge on any atom is -0.497 e. The van der Waals surface area contributed by atoms with E-state index in [9.17, 15) is 4.79 Å². The fourth-order valence-corrected chi connectivity index (χ4v) is 1.59. The van der Waals surface area contributed by atoms with Gasteiger partial charge in [-0.1, -0.05) is 12.1 Å². The number of nitrogens with two attached hydrogens (primary N) is 1. The largest absolute Gasteiger partial charge is 0.497 e. The van der Waals surface area contributed by atoms with Gasteiger partial charge in [-0.2, -0.15) is 0 Å². The fourth-order valence-electron chi connectivity index (χ4n) is 1.59. The summed E-state index contributed by atoms with van der Waals surface area (Å²) < 4.78 is 9.97. The summed E-state index contributed by atoms with van der Waals surface area (Å²) in [5.41, 5.74) is 6.28. The number of esters is 1. The van der Waals surface area contributed by atoms with Crippen LogP contribution in [-0.4, -0.2) is 19.7 Å². The molecule has 0 bridgehead atoms. The fraction of sp³-hybridized carbons (Fsp3) is 0.462. The van der Waals surface area contributed by atoms with Crippen molar-refractivity contribution in [2.24, 2.45) is 5.73 Å². The second kappa shape index (κ2) is 5.68. The average molecular weight is 237 g/mol. The van der Waals surface area contributed by atoms with E-state index in [0.717, 1.165) is 11.3 Å². The Bertz CT molecular complexity index is 371. The predicted molar refractivity (Wildman–Crippen MR) is 65.8 cm³/mol. The molecule has 4 nitrogen and oxygen atoms in total. The lowest BCUT2D eigenvalue weighted by atomic mass is 9.90. The maximum atomic E-state index is 11.4. The number of ether oxygens (including phenoxy) is 2. The lowest BCUT2D eigenvalue weighted by Crippen LogP contribution is -2.36. The van der Waals surface area contributed by atoms with Crippen molar-refractivity contribution in [2.45, 2.75) is 25.8 Å². The summed E-state index contributed by atoms with van der Waals surface area (Å²) in [5.74, 6) is 0.481. The first-order valence-electron chi connectivity index (χ1n) is 5.58. The Balaban J connectivity index is 2.77. The van der Waals surface area contributed by atoms with Crippen molar-refractivity contribution >= 4 is 5.97 Å².